The maximum Gasteiger partial charge on any atom is 0.0481 e. The van der Waals surface area contributed by atoms with E-state index in [1.807, 2.05) is 12.1 Å². The van der Waals surface area contributed by atoms with E-state index in [1.165, 1.54) is 29.5 Å². The van der Waals surface area contributed by atoms with Crippen molar-refractivity contribution >= 4 is 17.7 Å². The first-order valence-corrected chi connectivity index (χ1v) is 5.16. The van der Waals surface area contributed by atoms with Gasteiger partial charge in [-0.25, -0.2) is 0 Å². The predicted octanol–water partition coefficient (Wildman–Crippen LogP) is 4.08. The minimum absolute atomic E-state index is 0.892. The summed E-state index contributed by atoms with van der Waals surface area (Å²) in [7, 11) is 0. The molecule has 0 spiro atoms. The number of allylic oxidation sites excluding steroid dienone is 1. The number of halogens is 1. The van der Waals surface area contributed by atoms with Crippen molar-refractivity contribution in [1.29, 1.82) is 0 Å². The van der Waals surface area contributed by atoms with Crippen LogP contribution in [0.2, 0.25) is 5.02 Å². The van der Waals surface area contributed by atoms with Crippen LogP contribution in [-0.2, 0) is 6.42 Å². The zero-order valence-electron chi connectivity index (χ0n) is 7.81. The lowest BCUT2D eigenvalue weighted by atomic mass is 10.1. The van der Waals surface area contributed by atoms with Crippen molar-refractivity contribution in [2.75, 3.05) is 0 Å². The Bertz CT molecular complexity index is 350. The van der Waals surface area contributed by atoms with Gasteiger partial charge in [0.25, 0.3) is 0 Å². The molecule has 0 bridgehead atoms. The summed E-state index contributed by atoms with van der Waals surface area (Å²) >= 11 is 6.09. The van der Waals surface area contributed by atoms with Crippen LogP contribution in [0.25, 0.3) is 6.08 Å². The Morgan fingerprint density at radius 2 is 2.23 bits per heavy atom. The Kier molecular flexibility index (Phi) is 2.41. The lowest BCUT2D eigenvalue weighted by Crippen LogP contribution is -1.84. The normalized spacial score (nSPS) is 14.2. The van der Waals surface area contributed by atoms with Crippen molar-refractivity contribution in [3.05, 3.63) is 39.9 Å². The lowest BCUT2D eigenvalue weighted by molar-refractivity contribution is 0.886. The Hall–Kier alpha value is -0.750. The van der Waals surface area contributed by atoms with E-state index < -0.39 is 0 Å². The first kappa shape index (κ1) is 8.83. The molecule has 0 nitrogen and oxygen atoms in total. The molecule has 0 aromatic heterocycles. The van der Waals surface area contributed by atoms with Gasteiger partial charge >= 0.3 is 0 Å². The smallest absolute Gasteiger partial charge is 0.0481 e. The van der Waals surface area contributed by atoms with Crippen LogP contribution in [0.1, 0.15) is 30.9 Å². The van der Waals surface area contributed by atoms with Crippen LogP contribution in [0.3, 0.4) is 0 Å². The predicted molar refractivity (Wildman–Crippen MR) is 58.0 cm³/mol. The Labute approximate surface area is 84.2 Å². The molecule has 0 saturated carbocycles. The van der Waals surface area contributed by atoms with Crippen LogP contribution in [0.15, 0.2) is 23.8 Å². The fourth-order valence-corrected chi connectivity index (χ4v) is 2.13. The second-order valence-electron chi connectivity index (χ2n) is 3.54. The van der Waals surface area contributed by atoms with E-state index in [9.17, 15) is 0 Å². The molecule has 0 amide bonds. The standard InChI is InChI=1S/C12H13Cl/c1-2-4-9-7-10-5-3-6-12(13)11(10)8-9/h3,5-6,8H,2,4,7H2,1H3. The van der Waals surface area contributed by atoms with E-state index in [-0.39, 0.29) is 0 Å². The summed E-state index contributed by atoms with van der Waals surface area (Å²) < 4.78 is 0. The topological polar surface area (TPSA) is 0 Å². The summed E-state index contributed by atoms with van der Waals surface area (Å²) in [6.07, 6.45) is 5.77. The molecule has 0 aliphatic heterocycles. The molecule has 13 heavy (non-hydrogen) atoms. The molecule has 0 atom stereocenters. The van der Waals surface area contributed by atoms with Crippen LogP contribution in [0.5, 0.6) is 0 Å². The molecule has 0 saturated heterocycles. The average molecular weight is 193 g/mol. The summed E-state index contributed by atoms with van der Waals surface area (Å²) in [5.41, 5.74) is 4.15. The fourth-order valence-electron chi connectivity index (χ4n) is 1.88. The van der Waals surface area contributed by atoms with Crippen LogP contribution >= 0.6 is 11.6 Å². The zero-order chi connectivity index (χ0) is 9.26. The first-order valence-electron chi connectivity index (χ1n) is 4.78. The number of hydrogen-bond donors (Lipinski definition) is 0. The van der Waals surface area contributed by atoms with Crippen LogP contribution in [0, 0.1) is 0 Å². The fraction of sp³-hybridized carbons (Fsp3) is 0.333. The van der Waals surface area contributed by atoms with E-state index in [0.29, 0.717) is 0 Å². The number of rotatable bonds is 2. The van der Waals surface area contributed by atoms with Crippen molar-refractivity contribution in [3.63, 3.8) is 0 Å². The summed E-state index contributed by atoms with van der Waals surface area (Å²) in [5.74, 6) is 0. The molecule has 1 aromatic carbocycles. The second-order valence-corrected chi connectivity index (χ2v) is 3.95. The van der Waals surface area contributed by atoms with E-state index in [2.05, 4.69) is 19.1 Å². The Morgan fingerprint density at radius 1 is 1.38 bits per heavy atom. The van der Waals surface area contributed by atoms with Gasteiger partial charge in [0.1, 0.15) is 0 Å². The van der Waals surface area contributed by atoms with Crippen molar-refractivity contribution < 1.29 is 0 Å². The van der Waals surface area contributed by atoms with E-state index >= 15 is 0 Å². The van der Waals surface area contributed by atoms with E-state index in [1.54, 1.807) is 0 Å². The van der Waals surface area contributed by atoms with Gasteiger partial charge in [-0.1, -0.05) is 48.7 Å². The molecule has 0 unspecified atom stereocenters. The van der Waals surface area contributed by atoms with Gasteiger partial charge in [0.15, 0.2) is 0 Å². The second kappa shape index (κ2) is 3.55. The van der Waals surface area contributed by atoms with Gasteiger partial charge in [0.05, 0.1) is 0 Å². The molecule has 0 N–H and O–H groups in total. The Morgan fingerprint density at radius 3 is 2.92 bits per heavy atom. The van der Waals surface area contributed by atoms with Crippen LogP contribution in [0.4, 0.5) is 0 Å². The van der Waals surface area contributed by atoms with Gasteiger partial charge in [-0.15, -0.1) is 0 Å². The molecule has 0 heterocycles. The van der Waals surface area contributed by atoms with Gasteiger partial charge in [-0.2, -0.15) is 0 Å². The third kappa shape index (κ3) is 1.64. The third-order valence-electron chi connectivity index (χ3n) is 2.48. The highest BCUT2D eigenvalue weighted by Gasteiger charge is 2.13. The van der Waals surface area contributed by atoms with E-state index in [4.69, 9.17) is 11.6 Å². The highest BCUT2D eigenvalue weighted by Crippen LogP contribution is 2.32. The summed E-state index contributed by atoms with van der Waals surface area (Å²) in [6.45, 7) is 2.21. The van der Waals surface area contributed by atoms with Gasteiger partial charge in [0, 0.05) is 5.02 Å². The monoisotopic (exact) mass is 192 g/mol. The molecule has 0 fully saturated rings. The molecule has 1 aliphatic carbocycles. The average Bonchev–Trinajstić information content (AvgIpc) is 2.49. The maximum absolute atomic E-state index is 6.09. The highest BCUT2D eigenvalue weighted by atomic mass is 35.5. The molecular weight excluding hydrogens is 180 g/mol. The third-order valence-corrected chi connectivity index (χ3v) is 2.81. The van der Waals surface area contributed by atoms with Gasteiger partial charge in [0.2, 0.25) is 0 Å². The highest BCUT2D eigenvalue weighted by molar-refractivity contribution is 6.32. The Balaban J connectivity index is 2.32. The van der Waals surface area contributed by atoms with Crippen molar-refractivity contribution in [2.24, 2.45) is 0 Å². The van der Waals surface area contributed by atoms with Gasteiger partial charge in [-0.05, 0) is 30.0 Å². The quantitative estimate of drug-likeness (QED) is 0.663. The molecule has 1 aliphatic rings. The first-order chi connectivity index (χ1) is 6.31. The molecule has 1 heteroatoms. The summed E-state index contributed by atoms with van der Waals surface area (Å²) in [4.78, 5) is 0. The zero-order valence-corrected chi connectivity index (χ0v) is 8.56. The molecule has 0 radical (unpaired) electrons. The SMILES string of the molecule is CCCC1=Cc2c(Cl)cccc2C1. The largest absolute Gasteiger partial charge is 0.0837 e. The van der Waals surface area contributed by atoms with Gasteiger partial charge in [-0.3, -0.25) is 0 Å². The van der Waals surface area contributed by atoms with Crippen LogP contribution in [-0.4, -0.2) is 0 Å². The summed E-state index contributed by atoms with van der Waals surface area (Å²) in [6, 6.07) is 6.16. The molecular formula is C12H13Cl. The molecule has 68 valence electrons. The minimum Gasteiger partial charge on any atom is -0.0837 e. The van der Waals surface area contributed by atoms with E-state index in [0.717, 1.165) is 11.4 Å². The lowest BCUT2D eigenvalue weighted by Gasteiger charge is -1.99. The van der Waals surface area contributed by atoms with Crippen LogP contribution < -0.4 is 0 Å². The number of benzene rings is 1. The molecule has 1 aromatic rings. The number of hydrogen-bond acceptors (Lipinski definition) is 0. The maximum atomic E-state index is 6.09. The number of fused-ring (bicyclic) bond motifs is 1. The van der Waals surface area contributed by atoms with Crippen molar-refractivity contribution in [1.82, 2.24) is 0 Å². The van der Waals surface area contributed by atoms with Crippen molar-refractivity contribution in [2.45, 2.75) is 26.2 Å². The summed E-state index contributed by atoms with van der Waals surface area (Å²) in [5, 5.41) is 0.892. The van der Waals surface area contributed by atoms with Crippen molar-refractivity contribution in [3.8, 4) is 0 Å². The molecule has 2 rings (SSSR count). The van der Waals surface area contributed by atoms with Gasteiger partial charge < -0.3 is 0 Å². The minimum atomic E-state index is 0.892.